The fraction of sp³-hybridized carbons (Fsp3) is 0.0714. The molecule has 0 bridgehead atoms. The van der Waals surface area contributed by atoms with Crippen LogP contribution in [0, 0.1) is 10.1 Å². The van der Waals surface area contributed by atoms with Gasteiger partial charge in [0.1, 0.15) is 11.5 Å². The van der Waals surface area contributed by atoms with Gasteiger partial charge in [-0.05, 0) is 30.3 Å². The molecule has 0 aliphatic rings. The molecule has 7 nitrogen and oxygen atoms in total. The van der Waals surface area contributed by atoms with Crippen molar-refractivity contribution in [1.29, 1.82) is 0 Å². The first-order valence-corrected chi connectivity index (χ1v) is 6.09. The first-order valence-electron chi connectivity index (χ1n) is 6.09. The molecule has 0 spiro atoms. The standard InChI is InChI=1S/C14H13N3O4/c1-15-14(18)16-10-5-7-12(8-6-10)21-13-4-2-3-11(9-13)17(19)20/h2-9H,1H3,(H2,15,16,18). The molecule has 2 aromatic rings. The van der Waals surface area contributed by atoms with Crippen LogP contribution in [0.25, 0.3) is 0 Å². The molecule has 0 atom stereocenters. The van der Waals surface area contributed by atoms with Crippen LogP contribution < -0.4 is 15.4 Å². The van der Waals surface area contributed by atoms with Crippen LogP contribution in [-0.2, 0) is 0 Å². The van der Waals surface area contributed by atoms with E-state index >= 15 is 0 Å². The summed E-state index contributed by atoms with van der Waals surface area (Å²) >= 11 is 0. The lowest BCUT2D eigenvalue weighted by Gasteiger charge is -2.07. The Hall–Kier alpha value is -3.09. The predicted octanol–water partition coefficient (Wildman–Crippen LogP) is 3.14. The number of nitrogens with one attached hydrogen (secondary N) is 2. The van der Waals surface area contributed by atoms with Crippen LogP contribution in [0.3, 0.4) is 0 Å². The van der Waals surface area contributed by atoms with Gasteiger partial charge in [0, 0.05) is 18.8 Å². The molecule has 0 fully saturated rings. The van der Waals surface area contributed by atoms with Crippen LogP contribution >= 0.6 is 0 Å². The minimum atomic E-state index is -0.483. The molecule has 2 N–H and O–H groups in total. The maximum absolute atomic E-state index is 11.1. The summed E-state index contributed by atoms with van der Waals surface area (Å²) in [6.45, 7) is 0. The number of nitro benzene ring substituents is 1. The van der Waals surface area contributed by atoms with Crippen LogP contribution in [-0.4, -0.2) is 18.0 Å². The number of ether oxygens (including phenoxy) is 1. The third-order valence-electron chi connectivity index (χ3n) is 2.60. The van der Waals surface area contributed by atoms with Crippen molar-refractivity contribution in [1.82, 2.24) is 5.32 Å². The number of carbonyl (C=O) groups excluding carboxylic acids is 1. The van der Waals surface area contributed by atoms with E-state index in [1.54, 1.807) is 36.4 Å². The largest absolute Gasteiger partial charge is 0.457 e. The number of rotatable bonds is 4. The Morgan fingerprint density at radius 3 is 2.48 bits per heavy atom. The number of urea groups is 1. The smallest absolute Gasteiger partial charge is 0.318 e. The predicted molar refractivity (Wildman–Crippen MR) is 77.7 cm³/mol. The number of benzene rings is 2. The molecule has 2 aromatic carbocycles. The lowest BCUT2D eigenvalue weighted by atomic mass is 10.3. The van der Waals surface area contributed by atoms with E-state index < -0.39 is 4.92 Å². The van der Waals surface area contributed by atoms with Crippen LogP contribution in [0.2, 0.25) is 0 Å². The maximum atomic E-state index is 11.1. The van der Waals surface area contributed by atoms with Crippen LogP contribution in [0.4, 0.5) is 16.2 Å². The SMILES string of the molecule is CNC(=O)Nc1ccc(Oc2cccc([N+](=O)[O-])c2)cc1. The molecule has 0 heterocycles. The van der Waals surface area contributed by atoms with Crippen LogP contribution in [0.5, 0.6) is 11.5 Å². The van der Waals surface area contributed by atoms with Crippen molar-refractivity contribution in [3.8, 4) is 11.5 Å². The highest BCUT2D eigenvalue weighted by Crippen LogP contribution is 2.26. The molecule has 0 aromatic heterocycles. The van der Waals surface area contributed by atoms with Crippen molar-refractivity contribution in [2.24, 2.45) is 0 Å². The number of carbonyl (C=O) groups is 1. The number of hydrogen-bond acceptors (Lipinski definition) is 4. The first kappa shape index (κ1) is 14.3. The highest BCUT2D eigenvalue weighted by molar-refractivity contribution is 5.88. The number of amides is 2. The summed E-state index contributed by atoms with van der Waals surface area (Å²) in [7, 11) is 1.52. The molecule has 0 saturated heterocycles. The van der Waals surface area contributed by atoms with Gasteiger partial charge in [-0.2, -0.15) is 0 Å². The van der Waals surface area contributed by atoms with Crippen molar-refractivity contribution in [2.45, 2.75) is 0 Å². The minimum Gasteiger partial charge on any atom is -0.457 e. The van der Waals surface area contributed by atoms with E-state index in [1.807, 2.05) is 0 Å². The van der Waals surface area contributed by atoms with E-state index in [2.05, 4.69) is 10.6 Å². The first-order chi connectivity index (χ1) is 10.1. The Bertz CT molecular complexity index is 656. The van der Waals surface area contributed by atoms with E-state index in [-0.39, 0.29) is 11.7 Å². The van der Waals surface area contributed by atoms with Crippen molar-refractivity contribution < 1.29 is 14.5 Å². The summed E-state index contributed by atoms with van der Waals surface area (Å²) in [6.07, 6.45) is 0. The Balaban J connectivity index is 2.08. The van der Waals surface area contributed by atoms with E-state index in [0.29, 0.717) is 17.2 Å². The summed E-state index contributed by atoms with van der Waals surface area (Å²) in [4.78, 5) is 21.3. The van der Waals surface area contributed by atoms with Crippen molar-refractivity contribution in [3.63, 3.8) is 0 Å². The molecular formula is C14H13N3O4. The average Bonchev–Trinajstić information content (AvgIpc) is 2.49. The number of nitrogens with zero attached hydrogens (tertiary/aromatic N) is 1. The summed E-state index contributed by atoms with van der Waals surface area (Å²) in [5, 5.41) is 15.7. The molecule has 0 radical (unpaired) electrons. The lowest BCUT2D eigenvalue weighted by Crippen LogP contribution is -2.24. The second-order valence-corrected chi connectivity index (χ2v) is 4.09. The highest BCUT2D eigenvalue weighted by atomic mass is 16.6. The molecule has 7 heteroatoms. The summed E-state index contributed by atoms with van der Waals surface area (Å²) in [5.41, 5.74) is 0.575. The molecular weight excluding hydrogens is 274 g/mol. The van der Waals surface area contributed by atoms with E-state index in [9.17, 15) is 14.9 Å². The van der Waals surface area contributed by atoms with Crippen molar-refractivity contribution in [3.05, 3.63) is 58.6 Å². The van der Waals surface area contributed by atoms with Gasteiger partial charge in [0.05, 0.1) is 11.0 Å². The Kier molecular flexibility index (Phi) is 4.35. The number of non-ortho nitro benzene ring substituents is 1. The van der Waals surface area contributed by atoms with Crippen molar-refractivity contribution in [2.75, 3.05) is 12.4 Å². The molecule has 2 rings (SSSR count). The normalized spacial score (nSPS) is 9.76. The Labute approximate surface area is 120 Å². The van der Waals surface area contributed by atoms with E-state index in [1.165, 1.54) is 19.2 Å². The molecule has 0 unspecified atom stereocenters. The van der Waals surface area contributed by atoms with E-state index in [4.69, 9.17) is 4.74 Å². The lowest BCUT2D eigenvalue weighted by molar-refractivity contribution is -0.384. The second kappa shape index (κ2) is 6.38. The van der Waals surface area contributed by atoms with Gasteiger partial charge < -0.3 is 15.4 Å². The van der Waals surface area contributed by atoms with Crippen molar-refractivity contribution >= 4 is 17.4 Å². The molecule has 2 amide bonds. The zero-order valence-electron chi connectivity index (χ0n) is 11.2. The third-order valence-corrected chi connectivity index (χ3v) is 2.60. The van der Waals surface area contributed by atoms with Crippen LogP contribution in [0.1, 0.15) is 0 Å². The monoisotopic (exact) mass is 287 g/mol. The van der Waals surface area contributed by atoms with Gasteiger partial charge in [-0.25, -0.2) is 4.79 Å². The molecule has 108 valence electrons. The zero-order chi connectivity index (χ0) is 15.2. The average molecular weight is 287 g/mol. The molecule has 0 aliphatic carbocycles. The number of anilines is 1. The van der Waals surface area contributed by atoms with Gasteiger partial charge in [-0.3, -0.25) is 10.1 Å². The quantitative estimate of drug-likeness (QED) is 0.667. The Morgan fingerprint density at radius 2 is 1.86 bits per heavy atom. The highest BCUT2D eigenvalue weighted by Gasteiger charge is 2.07. The fourth-order valence-electron chi connectivity index (χ4n) is 1.60. The fourth-order valence-corrected chi connectivity index (χ4v) is 1.60. The van der Waals surface area contributed by atoms with Gasteiger partial charge in [0.25, 0.3) is 5.69 Å². The van der Waals surface area contributed by atoms with Gasteiger partial charge in [0.15, 0.2) is 0 Å². The maximum Gasteiger partial charge on any atom is 0.318 e. The van der Waals surface area contributed by atoms with Crippen LogP contribution in [0.15, 0.2) is 48.5 Å². The third kappa shape index (κ3) is 3.93. The minimum absolute atomic E-state index is 0.0367. The number of nitro groups is 1. The topological polar surface area (TPSA) is 93.5 Å². The summed E-state index contributed by atoms with van der Waals surface area (Å²) in [6, 6.07) is 12.2. The van der Waals surface area contributed by atoms with Gasteiger partial charge >= 0.3 is 6.03 Å². The zero-order valence-corrected chi connectivity index (χ0v) is 11.2. The summed E-state index contributed by atoms with van der Waals surface area (Å²) in [5.74, 6) is 0.883. The molecule has 21 heavy (non-hydrogen) atoms. The van der Waals surface area contributed by atoms with Gasteiger partial charge in [0.2, 0.25) is 0 Å². The molecule has 0 aliphatic heterocycles. The van der Waals surface area contributed by atoms with E-state index in [0.717, 1.165) is 0 Å². The Morgan fingerprint density at radius 1 is 1.14 bits per heavy atom. The summed E-state index contributed by atoms with van der Waals surface area (Å²) < 4.78 is 5.52. The van der Waals surface area contributed by atoms with Gasteiger partial charge in [-0.15, -0.1) is 0 Å². The number of hydrogen-bond donors (Lipinski definition) is 2. The van der Waals surface area contributed by atoms with Gasteiger partial charge in [-0.1, -0.05) is 6.07 Å². The molecule has 0 saturated carbocycles. The second-order valence-electron chi connectivity index (χ2n) is 4.09.